The van der Waals surface area contributed by atoms with Gasteiger partial charge >= 0.3 is 0 Å². The van der Waals surface area contributed by atoms with Crippen LogP contribution in [0, 0.1) is 3.57 Å². The molecule has 1 aromatic heterocycles. The summed E-state index contributed by atoms with van der Waals surface area (Å²) < 4.78 is 20.0. The van der Waals surface area contributed by atoms with Gasteiger partial charge in [0.2, 0.25) is 0 Å². The number of rotatable bonds is 9. The normalized spacial score (nSPS) is 14.3. The lowest BCUT2D eigenvalue weighted by atomic mass is 9.95. The van der Waals surface area contributed by atoms with Gasteiger partial charge in [-0.3, -0.25) is 14.2 Å². The van der Waals surface area contributed by atoms with Gasteiger partial charge in [0.25, 0.3) is 11.5 Å². The quantitative estimate of drug-likeness (QED) is 0.168. The first kappa shape index (κ1) is 32.5. The number of carbonyl (C=O) groups excluding carboxylic acids is 1. The first-order valence-corrected chi connectivity index (χ1v) is 16.8. The minimum Gasteiger partial charge on any atom is -0.497 e. The van der Waals surface area contributed by atoms with Crippen molar-refractivity contribution in [2.45, 2.75) is 19.6 Å². The number of allylic oxidation sites excluding steroid dienone is 1. The van der Waals surface area contributed by atoms with E-state index in [1.54, 1.807) is 31.8 Å². The number of carbonyl (C=O) groups is 1. The van der Waals surface area contributed by atoms with Crippen LogP contribution < -0.4 is 34.4 Å². The first-order valence-electron chi connectivity index (χ1n) is 14.5. The van der Waals surface area contributed by atoms with E-state index in [2.05, 4.69) is 27.9 Å². The largest absolute Gasteiger partial charge is 0.497 e. The number of thiazole rings is 1. The fourth-order valence-electron chi connectivity index (χ4n) is 5.31. The Morgan fingerprint density at radius 3 is 2.45 bits per heavy atom. The van der Waals surface area contributed by atoms with Crippen LogP contribution in [0.4, 0.5) is 5.69 Å². The van der Waals surface area contributed by atoms with E-state index in [1.165, 1.54) is 11.3 Å². The zero-order valence-electron chi connectivity index (χ0n) is 25.6. The molecule has 1 aliphatic heterocycles. The van der Waals surface area contributed by atoms with Crippen molar-refractivity contribution >= 4 is 63.2 Å². The summed E-state index contributed by atoms with van der Waals surface area (Å²) in [6.07, 6.45) is 1.81. The molecule has 1 N–H and O–H groups in total. The van der Waals surface area contributed by atoms with Gasteiger partial charge in [0.15, 0.2) is 16.3 Å². The van der Waals surface area contributed by atoms with Crippen molar-refractivity contribution < 1.29 is 19.0 Å². The lowest BCUT2D eigenvalue weighted by Gasteiger charge is -2.25. The van der Waals surface area contributed by atoms with Gasteiger partial charge in [-0.15, -0.1) is 0 Å². The average molecular weight is 778 g/mol. The van der Waals surface area contributed by atoms with Crippen LogP contribution >= 0.6 is 45.5 Å². The number of aromatic nitrogens is 1. The highest BCUT2D eigenvalue weighted by Crippen LogP contribution is 2.36. The summed E-state index contributed by atoms with van der Waals surface area (Å²) in [6.45, 7) is 2.07. The van der Waals surface area contributed by atoms with Gasteiger partial charge in [0.1, 0.15) is 12.4 Å². The standard InChI is InChI=1S/C36H29ClIN3O5S/c1-21-31(34(42)40-25-10-5-4-6-11-25)32(23-13-15-26(44-2)16-14-23)41-35(43)30(47-36(41)39-21)19-22-17-28(38)33(29(18-22)45-3)46-20-24-9-7-8-12-27(24)37/h4-19,32H,20H2,1-3H3,(H,40,42)/b30-19+/t32-/m1/s1. The topological polar surface area (TPSA) is 91.2 Å². The van der Waals surface area contributed by atoms with Gasteiger partial charge < -0.3 is 19.5 Å². The number of methoxy groups -OCH3 is 2. The van der Waals surface area contributed by atoms with E-state index >= 15 is 0 Å². The summed E-state index contributed by atoms with van der Waals surface area (Å²) in [5.41, 5.74) is 3.66. The summed E-state index contributed by atoms with van der Waals surface area (Å²) in [5.74, 6) is 1.44. The Morgan fingerprint density at radius 1 is 1.02 bits per heavy atom. The average Bonchev–Trinajstić information content (AvgIpc) is 3.38. The minimum atomic E-state index is -0.710. The zero-order valence-corrected chi connectivity index (χ0v) is 29.4. The molecular weight excluding hydrogens is 749 g/mol. The number of fused-ring (bicyclic) bond motifs is 1. The fraction of sp³-hybridized carbons (Fsp3) is 0.139. The van der Waals surface area contributed by atoms with E-state index in [1.807, 2.05) is 91.0 Å². The molecular formula is C36H29ClIN3O5S. The summed E-state index contributed by atoms with van der Waals surface area (Å²) in [7, 11) is 3.17. The number of halogens is 2. The first-order chi connectivity index (χ1) is 22.8. The molecule has 6 rings (SSSR count). The van der Waals surface area contributed by atoms with Crippen LogP contribution in [0.25, 0.3) is 6.08 Å². The molecule has 0 aliphatic carbocycles. The van der Waals surface area contributed by atoms with Crippen molar-refractivity contribution in [3.63, 3.8) is 0 Å². The molecule has 5 aromatic rings. The lowest BCUT2D eigenvalue weighted by molar-refractivity contribution is -0.113. The number of anilines is 1. The van der Waals surface area contributed by atoms with Crippen LogP contribution in [0.5, 0.6) is 17.2 Å². The van der Waals surface area contributed by atoms with Crippen LogP contribution in [-0.2, 0) is 11.4 Å². The molecule has 0 bridgehead atoms. The lowest BCUT2D eigenvalue weighted by Crippen LogP contribution is -2.40. The highest BCUT2D eigenvalue weighted by Gasteiger charge is 2.32. The van der Waals surface area contributed by atoms with Crippen LogP contribution in [0.2, 0.25) is 5.02 Å². The Labute approximate surface area is 293 Å². The number of hydrogen-bond donors (Lipinski definition) is 1. The molecule has 238 valence electrons. The SMILES string of the molecule is COc1ccc([C@@H]2C(C(=O)Nc3ccccc3)=C(C)N=c3s/c(=C/c4cc(I)c(OCc5ccccc5Cl)c(OC)c4)c(=O)n32)cc1. The zero-order chi connectivity index (χ0) is 33.1. The van der Waals surface area contributed by atoms with E-state index in [9.17, 15) is 9.59 Å². The second kappa shape index (κ2) is 14.2. The second-order valence-corrected chi connectivity index (χ2v) is 13.2. The molecule has 47 heavy (non-hydrogen) atoms. The number of nitrogens with one attached hydrogen (secondary N) is 1. The minimum absolute atomic E-state index is 0.264. The van der Waals surface area contributed by atoms with Gasteiger partial charge in [-0.2, -0.15) is 0 Å². The molecule has 1 amide bonds. The number of nitrogens with zero attached hydrogens (tertiary/aromatic N) is 2. The molecule has 2 heterocycles. The monoisotopic (exact) mass is 777 g/mol. The van der Waals surface area contributed by atoms with Crippen molar-refractivity contribution in [2.75, 3.05) is 19.5 Å². The number of hydrogen-bond acceptors (Lipinski definition) is 7. The molecule has 1 aliphatic rings. The van der Waals surface area contributed by atoms with Gasteiger partial charge in [-0.05, 0) is 89.2 Å². The predicted octanol–water partition coefficient (Wildman–Crippen LogP) is 6.73. The third-order valence-corrected chi connectivity index (χ3v) is 9.76. The van der Waals surface area contributed by atoms with Crippen molar-refractivity contribution in [3.05, 3.63) is 147 Å². The number of ether oxygens (including phenoxy) is 3. The molecule has 0 saturated heterocycles. The molecule has 0 fully saturated rings. The van der Waals surface area contributed by atoms with Crippen LogP contribution in [-0.4, -0.2) is 24.7 Å². The van der Waals surface area contributed by atoms with E-state index in [0.717, 1.165) is 20.3 Å². The maximum absolute atomic E-state index is 14.2. The number of benzene rings is 4. The molecule has 0 spiro atoms. The molecule has 0 unspecified atom stereocenters. The van der Waals surface area contributed by atoms with E-state index in [0.29, 0.717) is 48.6 Å². The van der Waals surface area contributed by atoms with E-state index in [4.69, 9.17) is 30.8 Å². The highest BCUT2D eigenvalue weighted by atomic mass is 127. The van der Waals surface area contributed by atoms with Crippen LogP contribution in [0.15, 0.2) is 112 Å². The van der Waals surface area contributed by atoms with E-state index < -0.39 is 6.04 Å². The van der Waals surface area contributed by atoms with Gasteiger partial charge in [-0.1, -0.05) is 71.5 Å². The fourth-order valence-corrected chi connectivity index (χ4v) is 7.33. The summed E-state index contributed by atoms with van der Waals surface area (Å²) in [5, 5.41) is 3.60. The third kappa shape index (κ3) is 6.85. The Balaban J connectivity index is 1.41. The summed E-state index contributed by atoms with van der Waals surface area (Å²) in [6, 6.07) is 27.1. The van der Waals surface area contributed by atoms with Crippen molar-refractivity contribution in [2.24, 2.45) is 4.99 Å². The molecule has 4 aromatic carbocycles. The number of para-hydroxylation sites is 1. The van der Waals surface area contributed by atoms with Crippen molar-refractivity contribution in [3.8, 4) is 17.2 Å². The van der Waals surface area contributed by atoms with Crippen LogP contribution in [0.1, 0.15) is 29.7 Å². The molecule has 11 heteroatoms. The summed E-state index contributed by atoms with van der Waals surface area (Å²) >= 11 is 9.79. The second-order valence-electron chi connectivity index (χ2n) is 10.6. The van der Waals surface area contributed by atoms with Gasteiger partial charge in [-0.25, -0.2) is 4.99 Å². The molecule has 1 atom stereocenters. The third-order valence-electron chi connectivity index (χ3n) is 7.61. The van der Waals surface area contributed by atoms with Gasteiger partial charge in [0.05, 0.1) is 39.6 Å². The Kier molecular flexibility index (Phi) is 9.81. The Morgan fingerprint density at radius 2 is 1.74 bits per heavy atom. The highest BCUT2D eigenvalue weighted by molar-refractivity contribution is 14.1. The Bertz CT molecular complexity index is 2180. The smallest absolute Gasteiger partial charge is 0.271 e. The van der Waals surface area contributed by atoms with Crippen LogP contribution in [0.3, 0.4) is 0 Å². The maximum atomic E-state index is 14.2. The molecule has 0 saturated carbocycles. The van der Waals surface area contributed by atoms with E-state index in [-0.39, 0.29) is 18.1 Å². The van der Waals surface area contributed by atoms with Crippen molar-refractivity contribution in [1.29, 1.82) is 0 Å². The summed E-state index contributed by atoms with van der Waals surface area (Å²) in [4.78, 5) is 33.2. The Hall–Kier alpha value is -4.39. The molecule has 8 nitrogen and oxygen atoms in total. The maximum Gasteiger partial charge on any atom is 0.271 e. The predicted molar refractivity (Wildman–Crippen MR) is 193 cm³/mol. The van der Waals surface area contributed by atoms with Crippen molar-refractivity contribution in [1.82, 2.24) is 4.57 Å². The number of amides is 1. The van der Waals surface area contributed by atoms with Gasteiger partial charge in [0, 0.05) is 16.3 Å². The molecule has 0 radical (unpaired) electrons.